The zero-order valence-corrected chi connectivity index (χ0v) is 16.1. The van der Waals surface area contributed by atoms with Crippen LogP contribution in [0.2, 0.25) is 0 Å². The summed E-state index contributed by atoms with van der Waals surface area (Å²) < 4.78 is 39.4. The minimum Gasteiger partial charge on any atom is -0.475 e. The number of halogens is 3. The van der Waals surface area contributed by atoms with Gasteiger partial charge >= 0.3 is 18.1 Å². The van der Waals surface area contributed by atoms with E-state index in [-0.39, 0.29) is 24.2 Å². The second-order valence-corrected chi connectivity index (χ2v) is 8.14. The third-order valence-electron chi connectivity index (χ3n) is 5.13. The lowest BCUT2D eigenvalue weighted by molar-refractivity contribution is -0.192. The fourth-order valence-electron chi connectivity index (χ4n) is 3.80. The van der Waals surface area contributed by atoms with Gasteiger partial charge in [0.05, 0.1) is 24.6 Å². The van der Waals surface area contributed by atoms with E-state index in [1.807, 2.05) is 6.20 Å². The van der Waals surface area contributed by atoms with Gasteiger partial charge in [0.15, 0.2) is 5.16 Å². The number of fused-ring (bicyclic) bond motifs is 1. The number of aryl methyl sites for hydroxylation is 1. The van der Waals surface area contributed by atoms with E-state index in [2.05, 4.69) is 14.9 Å². The molecular formula is C17H20F3N3O5S. The molecule has 0 aromatic carbocycles. The third kappa shape index (κ3) is 4.85. The van der Waals surface area contributed by atoms with Crippen LogP contribution < -0.4 is 5.32 Å². The fraction of sp³-hybridized carbons (Fsp3) is 0.647. The number of alkyl halides is 3. The van der Waals surface area contributed by atoms with E-state index >= 15 is 0 Å². The molecule has 29 heavy (non-hydrogen) atoms. The Kier molecular flexibility index (Phi) is 6.11. The number of nitrogens with zero attached hydrogens (tertiary/aromatic N) is 2. The van der Waals surface area contributed by atoms with Gasteiger partial charge in [-0.1, -0.05) is 11.8 Å². The zero-order valence-electron chi connectivity index (χ0n) is 15.3. The maximum Gasteiger partial charge on any atom is 0.490 e. The van der Waals surface area contributed by atoms with Gasteiger partial charge in [0, 0.05) is 18.5 Å². The predicted molar refractivity (Wildman–Crippen MR) is 93.9 cm³/mol. The molecule has 1 aromatic rings. The fourth-order valence-corrected chi connectivity index (χ4v) is 4.76. The summed E-state index contributed by atoms with van der Waals surface area (Å²) in [6.07, 6.45) is 0.807. The number of carboxylic acids is 1. The number of esters is 1. The maximum atomic E-state index is 12.5. The van der Waals surface area contributed by atoms with Crippen molar-refractivity contribution < 1.29 is 37.4 Å². The van der Waals surface area contributed by atoms with Crippen molar-refractivity contribution in [2.75, 3.05) is 5.75 Å². The lowest BCUT2D eigenvalue weighted by Crippen LogP contribution is -2.42. The number of carboxylic acid groups (broad SMARTS) is 1. The van der Waals surface area contributed by atoms with E-state index in [1.54, 1.807) is 11.8 Å². The Morgan fingerprint density at radius 3 is 2.62 bits per heavy atom. The van der Waals surface area contributed by atoms with Crippen molar-refractivity contribution >= 4 is 29.6 Å². The normalized spacial score (nSPS) is 22.0. The van der Waals surface area contributed by atoms with Crippen LogP contribution in [0.1, 0.15) is 37.8 Å². The van der Waals surface area contributed by atoms with Crippen molar-refractivity contribution in [3.05, 3.63) is 11.9 Å². The van der Waals surface area contributed by atoms with Crippen molar-refractivity contribution in [2.24, 2.45) is 5.92 Å². The van der Waals surface area contributed by atoms with Crippen molar-refractivity contribution in [2.45, 2.75) is 62.1 Å². The van der Waals surface area contributed by atoms with E-state index in [1.165, 1.54) is 0 Å². The summed E-state index contributed by atoms with van der Waals surface area (Å²) in [4.78, 5) is 37.6. The molecule has 0 bridgehead atoms. The molecule has 1 atom stereocenters. The number of aliphatic carboxylic acids is 1. The molecule has 2 aliphatic heterocycles. The highest BCUT2D eigenvalue weighted by Crippen LogP contribution is 2.45. The van der Waals surface area contributed by atoms with Gasteiger partial charge < -0.3 is 19.7 Å². The van der Waals surface area contributed by atoms with Crippen LogP contribution in [0.3, 0.4) is 0 Å². The minimum absolute atomic E-state index is 0.0754. The Morgan fingerprint density at radius 1 is 1.38 bits per heavy atom. The first-order valence-electron chi connectivity index (χ1n) is 9.09. The van der Waals surface area contributed by atoms with Crippen molar-refractivity contribution in [1.29, 1.82) is 0 Å². The molecule has 1 saturated carbocycles. The van der Waals surface area contributed by atoms with Crippen LogP contribution >= 0.6 is 11.8 Å². The predicted octanol–water partition coefficient (Wildman–Crippen LogP) is 2.11. The third-order valence-corrected chi connectivity index (χ3v) is 6.10. The summed E-state index contributed by atoms with van der Waals surface area (Å²) >= 11 is 1.74. The van der Waals surface area contributed by atoms with Crippen molar-refractivity contribution in [1.82, 2.24) is 14.9 Å². The molecule has 1 amide bonds. The zero-order chi connectivity index (χ0) is 21.2. The number of carbonyl (C=O) groups is 3. The van der Waals surface area contributed by atoms with Gasteiger partial charge in [0.1, 0.15) is 5.60 Å². The maximum absolute atomic E-state index is 12.5. The quantitative estimate of drug-likeness (QED) is 0.700. The largest absolute Gasteiger partial charge is 0.490 e. The number of nitrogens with one attached hydrogen (secondary N) is 1. The summed E-state index contributed by atoms with van der Waals surface area (Å²) in [5.74, 6) is -2.34. The minimum atomic E-state index is -5.08. The van der Waals surface area contributed by atoms with Gasteiger partial charge in [0.25, 0.3) is 0 Å². The van der Waals surface area contributed by atoms with E-state index in [4.69, 9.17) is 14.6 Å². The van der Waals surface area contributed by atoms with Crippen LogP contribution in [0.25, 0.3) is 0 Å². The van der Waals surface area contributed by atoms with Gasteiger partial charge in [-0.05, 0) is 25.7 Å². The summed E-state index contributed by atoms with van der Waals surface area (Å²) in [5, 5.41) is 11.1. The molecule has 1 aromatic heterocycles. The van der Waals surface area contributed by atoms with E-state index < -0.39 is 17.7 Å². The van der Waals surface area contributed by atoms with Crippen molar-refractivity contribution in [3.63, 3.8) is 0 Å². The van der Waals surface area contributed by atoms with E-state index in [9.17, 15) is 22.8 Å². The summed E-state index contributed by atoms with van der Waals surface area (Å²) in [6, 6.07) is 0. The Bertz CT molecular complexity index is 783. The van der Waals surface area contributed by atoms with Crippen LogP contribution in [-0.2, 0) is 32.2 Å². The highest BCUT2D eigenvalue weighted by atomic mass is 32.2. The molecule has 1 spiro atoms. The number of imidazole rings is 1. The van der Waals surface area contributed by atoms with Crippen LogP contribution in [0.15, 0.2) is 11.4 Å². The monoisotopic (exact) mass is 435 g/mol. The molecule has 1 unspecified atom stereocenters. The molecule has 3 heterocycles. The van der Waals surface area contributed by atoms with Crippen LogP contribution in [-0.4, -0.2) is 50.0 Å². The Morgan fingerprint density at radius 2 is 2.03 bits per heavy atom. The summed E-state index contributed by atoms with van der Waals surface area (Å²) in [6.45, 7) is 1.40. The SMILES string of the molecule is O=C(O)C(F)(F)F.O=C1CC(C(=O)NCc2cn3c(n2)SCC3)C2(CCCC2)O1. The lowest BCUT2D eigenvalue weighted by Gasteiger charge is -2.27. The molecule has 12 heteroatoms. The number of hydrogen-bond donors (Lipinski definition) is 2. The topological polar surface area (TPSA) is 111 Å². The molecule has 8 nitrogen and oxygen atoms in total. The summed E-state index contributed by atoms with van der Waals surface area (Å²) in [7, 11) is 0. The van der Waals surface area contributed by atoms with Gasteiger partial charge in [-0.15, -0.1) is 0 Å². The van der Waals surface area contributed by atoms with Gasteiger partial charge in [-0.2, -0.15) is 13.2 Å². The Hall–Kier alpha value is -2.24. The lowest BCUT2D eigenvalue weighted by atomic mass is 9.85. The van der Waals surface area contributed by atoms with Gasteiger partial charge in [-0.3, -0.25) is 9.59 Å². The molecule has 1 aliphatic carbocycles. The molecule has 4 rings (SSSR count). The number of ether oxygens (including phenoxy) is 1. The van der Waals surface area contributed by atoms with E-state index in [0.29, 0.717) is 6.54 Å². The molecule has 2 N–H and O–H groups in total. The molecule has 1 saturated heterocycles. The van der Waals surface area contributed by atoms with Crippen LogP contribution in [0, 0.1) is 5.92 Å². The second kappa shape index (κ2) is 8.25. The number of amides is 1. The molecule has 160 valence electrons. The van der Waals surface area contributed by atoms with Crippen LogP contribution in [0.4, 0.5) is 13.2 Å². The first kappa shape index (κ1) is 21.5. The first-order chi connectivity index (χ1) is 13.6. The molecular weight excluding hydrogens is 415 g/mol. The number of hydrogen-bond acceptors (Lipinski definition) is 6. The smallest absolute Gasteiger partial charge is 0.475 e. The first-order valence-corrected chi connectivity index (χ1v) is 10.1. The number of aromatic nitrogens is 2. The average Bonchev–Trinajstić information content (AvgIpc) is 3.38. The molecule has 2 fully saturated rings. The van der Waals surface area contributed by atoms with Gasteiger partial charge in [0.2, 0.25) is 5.91 Å². The highest BCUT2D eigenvalue weighted by Gasteiger charge is 2.53. The average molecular weight is 435 g/mol. The summed E-state index contributed by atoms with van der Waals surface area (Å²) in [5.41, 5.74) is 0.341. The van der Waals surface area contributed by atoms with Crippen LogP contribution in [0.5, 0.6) is 0 Å². The van der Waals surface area contributed by atoms with E-state index in [0.717, 1.165) is 48.8 Å². The van der Waals surface area contributed by atoms with Crippen molar-refractivity contribution in [3.8, 4) is 0 Å². The van der Waals surface area contributed by atoms with Gasteiger partial charge in [-0.25, -0.2) is 9.78 Å². The number of thioether (sulfide) groups is 1. The number of rotatable bonds is 3. The molecule has 0 radical (unpaired) electrons. The second-order valence-electron chi connectivity index (χ2n) is 7.08. The Balaban J connectivity index is 0.000000298. The Labute approximate surface area is 168 Å². The standard InChI is InChI=1S/C15H19N3O3S.C2HF3O2/c19-12-7-11(15(21-12)3-1-2-4-15)13(20)16-8-10-9-18-5-6-22-14(18)17-10;3-2(4,5)1(6)7/h9,11H,1-8H2,(H,16,20);(H,6,7). The number of carbonyl (C=O) groups excluding carboxylic acids is 2. The highest BCUT2D eigenvalue weighted by molar-refractivity contribution is 7.99. The molecule has 3 aliphatic rings.